The molecule has 2 fully saturated rings. The highest BCUT2D eigenvalue weighted by Crippen LogP contribution is 2.42. The van der Waals surface area contributed by atoms with E-state index >= 15 is 0 Å². The summed E-state index contributed by atoms with van der Waals surface area (Å²) in [5.74, 6) is -0.587. The van der Waals surface area contributed by atoms with Gasteiger partial charge < -0.3 is 18.9 Å². The highest BCUT2D eigenvalue weighted by atomic mass is 32.2. The smallest absolute Gasteiger partial charge is 0.205 e. The predicted molar refractivity (Wildman–Crippen MR) is 98.8 cm³/mol. The van der Waals surface area contributed by atoms with Crippen LogP contribution in [0, 0.1) is 6.92 Å². The van der Waals surface area contributed by atoms with Gasteiger partial charge in [-0.15, -0.1) is 0 Å². The van der Waals surface area contributed by atoms with Crippen molar-refractivity contribution in [1.29, 1.82) is 0 Å². The van der Waals surface area contributed by atoms with Gasteiger partial charge in [0.2, 0.25) is 9.84 Å². The Morgan fingerprint density at radius 1 is 1.11 bits per heavy atom. The van der Waals surface area contributed by atoms with E-state index in [1.807, 2.05) is 6.92 Å². The summed E-state index contributed by atoms with van der Waals surface area (Å²) in [6.07, 6.45) is 4.61. The molecule has 27 heavy (non-hydrogen) atoms. The maximum absolute atomic E-state index is 13.2. The molecule has 7 heteroatoms. The largest absolute Gasteiger partial charge is 0.352 e. The first-order chi connectivity index (χ1) is 12.9. The number of sulfone groups is 1. The van der Waals surface area contributed by atoms with Crippen LogP contribution in [0.25, 0.3) is 0 Å². The Morgan fingerprint density at radius 2 is 1.81 bits per heavy atom. The molecule has 3 aliphatic rings. The Kier molecular flexibility index (Phi) is 5.16. The first kappa shape index (κ1) is 19.1. The Hall–Kier alpha value is -1.25. The van der Waals surface area contributed by atoms with Gasteiger partial charge in [0, 0.05) is 20.0 Å². The van der Waals surface area contributed by atoms with Gasteiger partial charge >= 0.3 is 0 Å². The van der Waals surface area contributed by atoms with Crippen LogP contribution in [0.4, 0.5) is 0 Å². The van der Waals surface area contributed by atoms with Gasteiger partial charge in [0.1, 0.15) is 12.2 Å². The second-order valence-corrected chi connectivity index (χ2v) is 9.43. The van der Waals surface area contributed by atoms with Crippen LogP contribution in [-0.4, -0.2) is 46.4 Å². The molecule has 2 aliphatic heterocycles. The number of hydrogen-bond acceptors (Lipinski definition) is 6. The number of hydrogen-bond donors (Lipinski definition) is 0. The fourth-order valence-corrected chi connectivity index (χ4v) is 5.62. The van der Waals surface area contributed by atoms with E-state index in [0.717, 1.165) is 31.2 Å². The Morgan fingerprint density at radius 3 is 2.48 bits per heavy atom. The lowest BCUT2D eigenvalue weighted by Crippen LogP contribution is -2.38. The van der Waals surface area contributed by atoms with Crippen LogP contribution in [0.1, 0.15) is 37.7 Å². The molecule has 0 N–H and O–H groups in total. The lowest BCUT2D eigenvalue weighted by Gasteiger charge is -2.32. The second-order valence-electron chi connectivity index (χ2n) is 7.48. The molecule has 6 nitrogen and oxygen atoms in total. The van der Waals surface area contributed by atoms with Gasteiger partial charge in [-0.3, -0.25) is 0 Å². The SMILES string of the molecule is CO[C@H]1C=C(S(=O)(=O)c2ccc(C)cc2)[C@H]([C@H]2COC3(CCCCC3)O2)O1. The van der Waals surface area contributed by atoms with Crippen LogP contribution in [0.2, 0.25) is 0 Å². The Balaban J connectivity index is 1.61. The van der Waals surface area contributed by atoms with Crippen LogP contribution < -0.4 is 0 Å². The summed E-state index contributed by atoms with van der Waals surface area (Å²) in [6.45, 7) is 2.24. The maximum atomic E-state index is 13.2. The lowest BCUT2D eigenvalue weighted by atomic mass is 9.94. The molecule has 0 aromatic heterocycles. The van der Waals surface area contributed by atoms with E-state index in [1.54, 1.807) is 24.3 Å². The topological polar surface area (TPSA) is 71.1 Å². The van der Waals surface area contributed by atoms with Gasteiger partial charge in [0.05, 0.1) is 16.4 Å². The summed E-state index contributed by atoms with van der Waals surface area (Å²) < 4.78 is 49.8. The highest BCUT2D eigenvalue weighted by molar-refractivity contribution is 7.95. The number of rotatable bonds is 4. The van der Waals surface area contributed by atoms with Gasteiger partial charge in [-0.1, -0.05) is 24.1 Å². The minimum Gasteiger partial charge on any atom is -0.352 e. The van der Waals surface area contributed by atoms with Crippen molar-refractivity contribution in [2.45, 2.75) is 68.2 Å². The third kappa shape index (κ3) is 3.59. The molecule has 3 atom stereocenters. The number of methoxy groups -OCH3 is 1. The summed E-state index contributed by atoms with van der Waals surface area (Å²) >= 11 is 0. The highest BCUT2D eigenvalue weighted by Gasteiger charge is 2.50. The van der Waals surface area contributed by atoms with Gasteiger partial charge in [0.15, 0.2) is 12.1 Å². The standard InChI is InChI=1S/C20H26O6S/c1-14-6-8-15(9-7-14)27(21,22)17-12-18(23-2)25-19(17)16-13-24-20(26-16)10-4-3-5-11-20/h6-9,12,16,18-19H,3-5,10-11,13H2,1-2H3/t16-,18-,19+/m1/s1. The molecular formula is C20H26O6S. The van der Waals surface area contributed by atoms with Crippen molar-refractivity contribution in [3.05, 3.63) is 40.8 Å². The molecule has 0 bridgehead atoms. The zero-order valence-corrected chi connectivity index (χ0v) is 16.5. The number of ether oxygens (including phenoxy) is 4. The van der Waals surface area contributed by atoms with E-state index in [0.29, 0.717) is 6.61 Å². The van der Waals surface area contributed by atoms with Gasteiger partial charge in [-0.25, -0.2) is 8.42 Å². The molecule has 1 spiro atoms. The summed E-state index contributed by atoms with van der Waals surface area (Å²) in [5, 5.41) is 0. The maximum Gasteiger partial charge on any atom is 0.205 e. The average molecular weight is 394 g/mol. The van der Waals surface area contributed by atoms with Crippen LogP contribution in [-0.2, 0) is 28.8 Å². The fraction of sp³-hybridized carbons (Fsp3) is 0.600. The third-order valence-electron chi connectivity index (χ3n) is 5.57. The predicted octanol–water partition coefficient (Wildman–Crippen LogP) is 3.10. The average Bonchev–Trinajstić information content (AvgIpc) is 3.28. The normalized spacial score (nSPS) is 30.6. The molecular weight excluding hydrogens is 368 g/mol. The van der Waals surface area contributed by atoms with E-state index in [2.05, 4.69) is 0 Å². The zero-order chi connectivity index (χ0) is 19.1. The quantitative estimate of drug-likeness (QED) is 0.782. The summed E-state index contributed by atoms with van der Waals surface area (Å²) in [7, 11) is -2.21. The number of aryl methyl sites for hydroxylation is 1. The minimum atomic E-state index is -3.71. The molecule has 0 amide bonds. The molecule has 4 rings (SSSR count). The minimum absolute atomic E-state index is 0.194. The van der Waals surface area contributed by atoms with Crippen LogP contribution in [0.5, 0.6) is 0 Å². The summed E-state index contributed by atoms with van der Waals surface area (Å²) in [6, 6.07) is 6.82. The molecule has 1 aromatic carbocycles. The van der Waals surface area contributed by atoms with E-state index in [-0.39, 0.29) is 9.80 Å². The van der Waals surface area contributed by atoms with E-state index in [9.17, 15) is 8.42 Å². The molecule has 2 heterocycles. The third-order valence-corrected chi connectivity index (χ3v) is 7.45. The van der Waals surface area contributed by atoms with Crippen molar-refractivity contribution in [2.75, 3.05) is 13.7 Å². The molecule has 1 aromatic rings. The van der Waals surface area contributed by atoms with Crippen molar-refractivity contribution in [3.8, 4) is 0 Å². The van der Waals surface area contributed by atoms with Crippen LogP contribution >= 0.6 is 0 Å². The van der Waals surface area contributed by atoms with Gasteiger partial charge in [0.25, 0.3) is 0 Å². The monoisotopic (exact) mass is 394 g/mol. The van der Waals surface area contributed by atoms with Crippen molar-refractivity contribution in [3.63, 3.8) is 0 Å². The Labute approximate surface area is 160 Å². The first-order valence-electron chi connectivity index (χ1n) is 9.47. The summed E-state index contributed by atoms with van der Waals surface area (Å²) in [4.78, 5) is 0.440. The van der Waals surface area contributed by atoms with E-state index in [4.69, 9.17) is 18.9 Å². The molecule has 148 valence electrons. The molecule has 1 aliphatic carbocycles. The van der Waals surface area contributed by atoms with Crippen molar-refractivity contribution in [1.82, 2.24) is 0 Å². The second kappa shape index (κ2) is 7.29. The van der Waals surface area contributed by atoms with Gasteiger partial charge in [-0.05, 0) is 38.0 Å². The van der Waals surface area contributed by atoms with Crippen molar-refractivity contribution < 1.29 is 27.4 Å². The lowest BCUT2D eigenvalue weighted by molar-refractivity contribution is -0.203. The summed E-state index contributed by atoms with van der Waals surface area (Å²) in [5.41, 5.74) is 1.00. The van der Waals surface area contributed by atoms with E-state index < -0.39 is 34.1 Å². The van der Waals surface area contributed by atoms with Crippen molar-refractivity contribution >= 4 is 9.84 Å². The molecule has 0 radical (unpaired) electrons. The van der Waals surface area contributed by atoms with E-state index in [1.165, 1.54) is 19.6 Å². The Bertz CT molecular complexity index is 807. The molecule has 1 saturated heterocycles. The van der Waals surface area contributed by atoms with Gasteiger partial charge in [-0.2, -0.15) is 0 Å². The fourth-order valence-electron chi connectivity index (χ4n) is 4.05. The van der Waals surface area contributed by atoms with Crippen LogP contribution in [0.15, 0.2) is 40.1 Å². The van der Waals surface area contributed by atoms with Crippen molar-refractivity contribution in [2.24, 2.45) is 0 Å². The zero-order valence-electron chi connectivity index (χ0n) is 15.7. The number of benzene rings is 1. The van der Waals surface area contributed by atoms with Crippen LogP contribution in [0.3, 0.4) is 0 Å². The first-order valence-corrected chi connectivity index (χ1v) is 11.0. The molecule has 0 unspecified atom stereocenters. The molecule has 1 saturated carbocycles.